The summed E-state index contributed by atoms with van der Waals surface area (Å²) in [6, 6.07) is 13.3. The van der Waals surface area contributed by atoms with E-state index in [-0.39, 0.29) is 0 Å². The third-order valence-corrected chi connectivity index (χ3v) is 5.22. The molecule has 0 radical (unpaired) electrons. The quantitative estimate of drug-likeness (QED) is 0.570. The molecule has 1 unspecified atom stereocenters. The van der Waals surface area contributed by atoms with E-state index >= 15 is 0 Å². The molecule has 0 fully saturated rings. The predicted octanol–water partition coefficient (Wildman–Crippen LogP) is 6.28. The maximum atomic E-state index is 6.00. The second-order valence-electron chi connectivity index (χ2n) is 6.65. The molecule has 1 heteroatoms. The first-order valence-corrected chi connectivity index (χ1v) is 9.10. The summed E-state index contributed by atoms with van der Waals surface area (Å²) in [5, 5.41) is 0. The van der Waals surface area contributed by atoms with Crippen LogP contribution < -0.4 is 4.74 Å². The SMILES string of the molecule is CCCCOc1cccc(-c2cccc3c2CCC3CC)c1C. The van der Waals surface area contributed by atoms with Crippen LogP contribution in [-0.2, 0) is 6.42 Å². The fourth-order valence-corrected chi connectivity index (χ4v) is 3.81. The zero-order valence-corrected chi connectivity index (χ0v) is 14.7. The predicted molar refractivity (Wildman–Crippen MR) is 98.4 cm³/mol. The molecule has 1 aliphatic carbocycles. The number of hydrogen-bond donors (Lipinski definition) is 0. The van der Waals surface area contributed by atoms with Crippen LogP contribution in [-0.4, -0.2) is 6.61 Å². The summed E-state index contributed by atoms with van der Waals surface area (Å²) in [4.78, 5) is 0. The first-order chi connectivity index (χ1) is 11.3. The Morgan fingerprint density at radius 3 is 2.61 bits per heavy atom. The molecule has 1 aliphatic rings. The van der Waals surface area contributed by atoms with Crippen LogP contribution in [0.3, 0.4) is 0 Å². The van der Waals surface area contributed by atoms with Crippen molar-refractivity contribution in [2.45, 2.75) is 58.8 Å². The first-order valence-electron chi connectivity index (χ1n) is 9.10. The number of fused-ring (bicyclic) bond motifs is 1. The molecule has 122 valence electrons. The average molecular weight is 308 g/mol. The van der Waals surface area contributed by atoms with Crippen molar-refractivity contribution >= 4 is 0 Å². The molecular weight excluding hydrogens is 280 g/mol. The van der Waals surface area contributed by atoms with Crippen molar-refractivity contribution in [3.8, 4) is 16.9 Å². The van der Waals surface area contributed by atoms with Crippen LogP contribution in [0.4, 0.5) is 0 Å². The minimum atomic E-state index is 0.745. The van der Waals surface area contributed by atoms with Crippen molar-refractivity contribution < 1.29 is 4.74 Å². The molecule has 0 saturated carbocycles. The highest BCUT2D eigenvalue weighted by molar-refractivity contribution is 5.74. The van der Waals surface area contributed by atoms with Gasteiger partial charge >= 0.3 is 0 Å². The molecule has 0 spiro atoms. The summed E-state index contributed by atoms with van der Waals surface area (Å²) in [6.45, 7) is 7.51. The van der Waals surface area contributed by atoms with Gasteiger partial charge in [0.2, 0.25) is 0 Å². The van der Waals surface area contributed by atoms with E-state index in [2.05, 4.69) is 57.2 Å². The van der Waals surface area contributed by atoms with Crippen LogP contribution >= 0.6 is 0 Å². The fourth-order valence-electron chi connectivity index (χ4n) is 3.81. The monoisotopic (exact) mass is 308 g/mol. The smallest absolute Gasteiger partial charge is 0.122 e. The van der Waals surface area contributed by atoms with Crippen LogP contribution in [0.1, 0.15) is 62.1 Å². The molecule has 3 rings (SSSR count). The molecule has 0 N–H and O–H groups in total. The van der Waals surface area contributed by atoms with Crippen LogP contribution in [0, 0.1) is 6.92 Å². The Hall–Kier alpha value is -1.76. The third kappa shape index (κ3) is 3.15. The zero-order valence-electron chi connectivity index (χ0n) is 14.7. The standard InChI is InChI=1S/C22H28O/c1-4-6-15-23-22-12-8-9-18(16(22)3)20-11-7-10-19-17(5-2)13-14-21(19)20/h7-12,17H,4-6,13-15H2,1-3H3. The van der Waals surface area contributed by atoms with E-state index in [0.29, 0.717) is 0 Å². The van der Waals surface area contributed by atoms with Gasteiger partial charge in [-0.25, -0.2) is 0 Å². The van der Waals surface area contributed by atoms with E-state index in [0.717, 1.165) is 24.7 Å². The van der Waals surface area contributed by atoms with Crippen LogP contribution in [0.25, 0.3) is 11.1 Å². The molecule has 0 amide bonds. The Morgan fingerprint density at radius 2 is 1.83 bits per heavy atom. The number of hydrogen-bond acceptors (Lipinski definition) is 1. The Bertz CT molecular complexity index is 672. The lowest BCUT2D eigenvalue weighted by Gasteiger charge is -2.16. The number of unbranched alkanes of at least 4 members (excludes halogenated alkanes) is 1. The Labute approximate surface area is 140 Å². The number of benzene rings is 2. The van der Waals surface area contributed by atoms with Gasteiger partial charge in [0.05, 0.1) is 6.61 Å². The van der Waals surface area contributed by atoms with E-state index in [9.17, 15) is 0 Å². The van der Waals surface area contributed by atoms with Crippen molar-refractivity contribution in [3.63, 3.8) is 0 Å². The zero-order chi connectivity index (χ0) is 16.2. The minimum absolute atomic E-state index is 0.745. The van der Waals surface area contributed by atoms with Gasteiger partial charge < -0.3 is 4.74 Å². The summed E-state index contributed by atoms with van der Waals surface area (Å²) in [6.07, 6.45) is 6.04. The van der Waals surface area contributed by atoms with Gasteiger partial charge in [0.1, 0.15) is 5.75 Å². The molecule has 23 heavy (non-hydrogen) atoms. The highest BCUT2D eigenvalue weighted by Crippen LogP contribution is 2.42. The molecule has 2 aromatic carbocycles. The molecule has 1 nitrogen and oxygen atoms in total. The van der Waals surface area contributed by atoms with Crippen molar-refractivity contribution in [1.82, 2.24) is 0 Å². The van der Waals surface area contributed by atoms with Gasteiger partial charge in [0, 0.05) is 0 Å². The first kappa shape index (κ1) is 16.1. The van der Waals surface area contributed by atoms with Gasteiger partial charge in [-0.05, 0) is 72.4 Å². The highest BCUT2D eigenvalue weighted by atomic mass is 16.5. The molecule has 1 atom stereocenters. The lowest BCUT2D eigenvalue weighted by Crippen LogP contribution is -2.00. The van der Waals surface area contributed by atoms with Crippen LogP contribution in [0.15, 0.2) is 36.4 Å². The molecule has 0 saturated heterocycles. The molecule has 0 heterocycles. The largest absolute Gasteiger partial charge is 0.493 e. The highest BCUT2D eigenvalue weighted by Gasteiger charge is 2.24. The third-order valence-electron chi connectivity index (χ3n) is 5.22. The van der Waals surface area contributed by atoms with Crippen molar-refractivity contribution in [2.75, 3.05) is 6.61 Å². The van der Waals surface area contributed by atoms with E-state index in [1.807, 2.05) is 0 Å². The topological polar surface area (TPSA) is 9.23 Å². The average Bonchev–Trinajstić information content (AvgIpc) is 3.00. The fraction of sp³-hybridized carbons (Fsp3) is 0.455. The minimum Gasteiger partial charge on any atom is -0.493 e. The second-order valence-corrected chi connectivity index (χ2v) is 6.65. The lowest BCUT2D eigenvalue weighted by molar-refractivity contribution is 0.307. The van der Waals surface area contributed by atoms with Crippen LogP contribution in [0.5, 0.6) is 5.75 Å². The second kappa shape index (κ2) is 7.21. The summed E-state index contributed by atoms with van der Waals surface area (Å²) < 4.78 is 6.00. The molecular formula is C22H28O. The van der Waals surface area contributed by atoms with Gasteiger partial charge in [-0.2, -0.15) is 0 Å². The van der Waals surface area contributed by atoms with Gasteiger partial charge in [-0.3, -0.25) is 0 Å². The van der Waals surface area contributed by atoms with Crippen LogP contribution in [0.2, 0.25) is 0 Å². The van der Waals surface area contributed by atoms with Gasteiger partial charge in [0.25, 0.3) is 0 Å². The summed E-state index contributed by atoms with van der Waals surface area (Å²) >= 11 is 0. The number of ether oxygens (including phenoxy) is 1. The Kier molecular flexibility index (Phi) is 5.05. The Balaban J connectivity index is 1.97. The summed E-state index contributed by atoms with van der Waals surface area (Å²) in [7, 11) is 0. The maximum absolute atomic E-state index is 6.00. The van der Waals surface area contributed by atoms with Crippen molar-refractivity contribution in [1.29, 1.82) is 0 Å². The van der Waals surface area contributed by atoms with E-state index in [1.165, 1.54) is 42.4 Å². The molecule has 2 aromatic rings. The van der Waals surface area contributed by atoms with E-state index < -0.39 is 0 Å². The Morgan fingerprint density at radius 1 is 1.04 bits per heavy atom. The maximum Gasteiger partial charge on any atom is 0.122 e. The summed E-state index contributed by atoms with van der Waals surface area (Å²) in [5.74, 6) is 1.79. The molecule has 0 bridgehead atoms. The van der Waals surface area contributed by atoms with Gasteiger partial charge in [-0.1, -0.05) is 50.6 Å². The van der Waals surface area contributed by atoms with E-state index in [1.54, 1.807) is 11.1 Å². The van der Waals surface area contributed by atoms with Gasteiger partial charge in [-0.15, -0.1) is 0 Å². The lowest BCUT2D eigenvalue weighted by atomic mass is 9.91. The van der Waals surface area contributed by atoms with Crippen molar-refractivity contribution in [3.05, 3.63) is 53.1 Å². The van der Waals surface area contributed by atoms with Gasteiger partial charge in [0.15, 0.2) is 0 Å². The summed E-state index contributed by atoms with van der Waals surface area (Å²) in [5.41, 5.74) is 7.16. The molecule has 0 aromatic heterocycles. The van der Waals surface area contributed by atoms with E-state index in [4.69, 9.17) is 4.74 Å². The molecule has 0 aliphatic heterocycles. The normalized spacial score (nSPS) is 16.4. The van der Waals surface area contributed by atoms with Crippen molar-refractivity contribution in [2.24, 2.45) is 0 Å². The number of rotatable bonds is 6.